The first kappa shape index (κ1) is 25.5. The first-order valence-corrected chi connectivity index (χ1v) is 13.0. The minimum absolute atomic E-state index is 0.0170. The summed E-state index contributed by atoms with van der Waals surface area (Å²) in [6.07, 6.45) is 8.81. The predicted molar refractivity (Wildman–Crippen MR) is 152 cm³/mol. The van der Waals surface area contributed by atoms with Crippen molar-refractivity contribution in [1.82, 2.24) is 19.0 Å². The lowest BCUT2D eigenvalue weighted by Crippen LogP contribution is -2.30. The molecule has 5 rings (SSSR count). The molecule has 0 bridgehead atoms. The molecule has 0 atom stereocenters. The van der Waals surface area contributed by atoms with Crippen LogP contribution in [0.25, 0.3) is 21.9 Å². The highest BCUT2D eigenvalue weighted by Crippen LogP contribution is 2.32. The molecule has 38 heavy (non-hydrogen) atoms. The Balaban J connectivity index is 1.46. The van der Waals surface area contributed by atoms with Crippen molar-refractivity contribution >= 4 is 16.7 Å². The van der Waals surface area contributed by atoms with E-state index in [0.29, 0.717) is 25.3 Å². The molecule has 6 heteroatoms. The first-order valence-electron chi connectivity index (χ1n) is 13.0. The number of imidazole rings is 1. The highest BCUT2D eigenvalue weighted by atomic mass is 16.5. The number of ether oxygens (including phenoxy) is 1. The molecule has 0 fully saturated rings. The third kappa shape index (κ3) is 5.55. The molecular weight excluding hydrogens is 472 g/mol. The first-order chi connectivity index (χ1) is 18.5. The number of likely N-dealkylation sites (N-methyl/N-ethyl adjacent to an activating group) is 1. The lowest BCUT2D eigenvalue weighted by molar-refractivity contribution is 0.0745. The highest BCUT2D eigenvalue weighted by Gasteiger charge is 2.21. The number of carbonyl (C=O) groups excluding carboxylic acids is 1. The van der Waals surface area contributed by atoms with E-state index in [4.69, 9.17) is 4.74 Å². The summed E-state index contributed by atoms with van der Waals surface area (Å²) in [5.41, 5.74) is 6.35. The smallest absolute Gasteiger partial charge is 0.255 e. The normalized spacial score (nSPS) is 11.2. The second-order valence-corrected chi connectivity index (χ2v) is 9.82. The van der Waals surface area contributed by atoms with Crippen molar-refractivity contribution in [2.45, 2.75) is 26.4 Å². The van der Waals surface area contributed by atoms with Crippen LogP contribution in [0.5, 0.6) is 0 Å². The number of amides is 1. The fraction of sp³-hybridized carbons (Fsp3) is 0.250. The van der Waals surface area contributed by atoms with Gasteiger partial charge in [-0.15, -0.1) is 0 Å². The Bertz CT molecular complexity index is 1530. The van der Waals surface area contributed by atoms with Gasteiger partial charge in [-0.25, -0.2) is 4.98 Å². The van der Waals surface area contributed by atoms with Crippen LogP contribution in [-0.2, 0) is 24.2 Å². The van der Waals surface area contributed by atoms with Crippen LogP contribution >= 0.6 is 0 Å². The molecule has 3 aromatic carbocycles. The Morgan fingerprint density at radius 2 is 1.76 bits per heavy atom. The van der Waals surface area contributed by atoms with E-state index in [1.165, 1.54) is 11.1 Å². The van der Waals surface area contributed by atoms with Gasteiger partial charge in [-0.2, -0.15) is 0 Å². The summed E-state index contributed by atoms with van der Waals surface area (Å²) in [7, 11) is 3.48. The number of aryl methyl sites for hydroxylation is 3. The van der Waals surface area contributed by atoms with Crippen molar-refractivity contribution in [1.29, 1.82) is 0 Å². The predicted octanol–water partition coefficient (Wildman–Crippen LogP) is 5.82. The molecule has 0 aliphatic rings. The van der Waals surface area contributed by atoms with Crippen LogP contribution in [0.4, 0.5) is 0 Å². The van der Waals surface area contributed by atoms with Gasteiger partial charge in [0, 0.05) is 51.4 Å². The van der Waals surface area contributed by atoms with Crippen molar-refractivity contribution in [3.63, 3.8) is 0 Å². The van der Waals surface area contributed by atoms with Crippen molar-refractivity contribution in [3.05, 3.63) is 114 Å². The third-order valence-electron chi connectivity index (χ3n) is 7.07. The average molecular weight is 507 g/mol. The Hall–Kier alpha value is -4.16. The van der Waals surface area contributed by atoms with E-state index in [9.17, 15) is 4.79 Å². The largest absolute Gasteiger partial charge is 0.383 e. The number of methoxy groups -OCH3 is 1. The van der Waals surface area contributed by atoms with Crippen LogP contribution in [-0.4, -0.2) is 52.2 Å². The molecule has 6 nitrogen and oxygen atoms in total. The zero-order valence-corrected chi connectivity index (χ0v) is 22.3. The van der Waals surface area contributed by atoms with Gasteiger partial charge in [0.15, 0.2) is 0 Å². The lowest BCUT2D eigenvalue weighted by atomic mass is 9.97. The van der Waals surface area contributed by atoms with Gasteiger partial charge in [-0.05, 0) is 35.2 Å². The van der Waals surface area contributed by atoms with Crippen LogP contribution < -0.4 is 0 Å². The van der Waals surface area contributed by atoms with Gasteiger partial charge in [0.25, 0.3) is 5.91 Å². The highest BCUT2D eigenvalue weighted by molar-refractivity contribution is 6.05. The maximum atomic E-state index is 13.6. The van der Waals surface area contributed by atoms with Crippen molar-refractivity contribution in [3.8, 4) is 11.1 Å². The molecule has 194 valence electrons. The lowest BCUT2D eigenvalue weighted by Gasteiger charge is -2.17. The molecule has 1 amide bonds. The van der Waals surface area contributed by atoms with Crippen LogP contribution in [0.15, 0.2) is 91.6 Å². The van der Waals surface area contributed by atoms with Crippen LogP contribution in [0.1, 0.15) is 27.2 Å². The molecule has 0 aliphatic heterocycles. The van der Waals surface area contributed by atoms with E-state index in [0.717, 1.165) is 40.6 Å². The Kier molecular flexibility index (Phi) is 7.70. The monoisotopic (exact) mass is 506 g/mol. The van der Waals surface area contributed by atoms with Crippen molar-refractivity contribution < 1.29 is 9.53 Å². The maximum Gasteiger partial charge on any atom is 0.255 e. The van der Waals surface area contributed by atoms with Gasteiger partial charge in [0.2, 0.25) is 0 Å². The molecule has 0 aliphatic carbocycles. The van der Waals surface area contributed by atoms with Gasteiger partial charge in [-0.1, -0.05) is 72.3 Å². The molecule has 2 heterocycles. The fourth-order valence-electron chi connectivity index (χ4n) is 4.85. The number of benzene rings is 3. The molecule has 2 aromatic heterocycles. The van der Waals surface area contributed by atoms with E-state index in [-0.39, 0.29) is 5.91 Å². The summed E-state index contributed by atoms with van der Waals surface area (Å²) in [6, 6.07) is 23.2. The number of fused-ring (bicyclic) bond motifs is 1. The van der Waals surface area contributed by atoms with Gasteiger partial charge in [-0.3, -0.25) is 4.79 Å². The minimum Gasteiger partial charge on any atom is -0.383 e. The summed E-state index contributed by atoms with van der Waals surface area (Å²) >= 11 is 0. The Labute approximate surface area is 224 Å². The van der Waals surface area contributed by atoms with Gasteiger partial charge in [0.05, 0.1) is 30.7 Å². The molecule has 0 unspecified atom stereocenters. The number of aromatic nitrogens is 3. The van der Waals surface area contributed by atoms with E-state index >= 15 is 0 Å². The van der Waals surface area contributed by atoms with Gasteiger partial charge < -0.3 is 18.8 Å². The molecule has 0 saturated heterocycles. The number of rotatable bonds is 10. The summed E-state index contributed by atoms with van der Waals surface area (Å²) in [5, 5.41) is 2.28. The Morgan fingerprint density at radius 1 is 0.974 bits per heavy atom. The molecular formula is C32H34N4O2. The summed E-state index contributed by atoms with van der Waals surface area (Å²) in [5.74, 6) is -0.0170. The van der Waals surface area contributed by atoms with E-state index in [1.807, 2.05) is 37.9 Å². The fourth-order valence-corrected chi connectivity index (χ4v) is 4.85. The number of hydrogen-bond donors (Lipinski definition) is 0. The number of carbonyl (C=O) groups is 1. The third-order valence-corrected chi connectivity index (χ3v) is 7.07. The molecule has 0 N–H and O–H groups in total. The molecule has 0 saturated carbocycles. The molecule has 0 spiro atoms. The minimum atomic E-state index is -0.0170. The zero-order valence-electron chi connectivity index (χ0n) is 22.3. The topological polar surface area (TPSA) is 52.3 Å². The SMILES string of the molecule is COCCN(C)C(=O)c1cn(Cc2cncn2CCc2ccc(C)cc2)cc1-c1cccc2ccccc12. The van der Waals surface area contributed by atoms with Gasteiger partial charge in [0.1, 0.15) is 0 Å². The van der Waals surface area contributed by atoms with Crippen LogP contribution in [0.2, 0.25) is 0 Å². The molecule has 0 radical (unpaired) electrons. The van der Waals surface area contributed by atoms with E-state index < -0.39 is 0 Å². The zero-order chi connectivity index (χ0) is 26.5. The van der Waals surface area contributed by atoms with E-state index in [1.54, 1.807) is 12.0 Å². The summed E-state index contributed by atoms with van der Waals surface area (Å²) < 4.78 is 9.51. The molecule has 5 aromatic rings. The second-order valence-electron chi connectivity index (χ2n) is 9.82. The Morgan fingerprint density at radius 3 is 2.58 bits per heavy atom. The maximum absolute atomic E-state index is 13.6. The quantitative estimate of drug-likeness (QED) is 0.240. The average Bonchev–Trinajstić information content (AvgIpc) is 3.57. The standard InChI is InChI=1S/C32H34N4O2/c1-24-11-13-25(14-12-24)15-16-36-23-33-19-27(36)20-35-21-30(31(22-35)32(37)34(2)17-18-38-3)29-10-6-8-26-7-4-5-9-28(26)29/h4-14,19,21-23H,15-18,20H2,1-3H3. The van der Waals surface area contributed by atoms with Gasteiger partial charge >= 0.3 is 0 Å². The van der Waals surface area contributed by atoms with Crippen LogP contribution in [0, 0.1) is 6.92 Å². The second kappa shape index (κ2) is 11.5. The van der Waals surface area contributed by atoms with Crippen LogP contribution in [0.3, 0.4) is 0 Å². The van der Waals surface area contributed by atoms with Crippen molar-refractivity contribution in [2.24, 2.45) is 0 Å². The summed E-state index contributed by atoms with van der Waals surface area (Å²) in [6.45, 7) is 4.60. The number of nitrogens with zero attached hydrogens (tertiary/aromatic N) is 4. The van der Waals surface area contributed by atoms with Crippen molar-refractivity contribution in [2.75, 3.05) is 27.3 Å². The number of hydrogen-bond acceptors (Lipinski definition) is 3. The summed E-state index contributed by atoms with van der Waals surface area (Å²) in [4.78, 5) is 19.7. The van der Waals surface area contributed by atoms with E-state index in [2.05, 4.69) is 81.8 Å².